The first-order valence-corrected chi connectivity index (χ1v) is 10.6. The Hall–Kier alpha value is -1.63. The van der Waals surface area contributed by atoms with Crippen molar-refractivity contribution in [2.45, 2.75) is 58.5 Å². The van der Waals surface area contributed by atoms with Crippen molar-refractivity contribution >= 4 is 27.9 Å². The summed E-state index contributed by atoms with van der Waals surface area (Å²) in [5.41, 5.74) is 0.0467. The fourth-order valence-electron chi connectivity index (χ4n) is 3.27. The lowest BCUT2D eigenvalue weighted by atomic mass is 9.95. The average molecular weight is 457 g/mol. The van der Waals surface area contributed by atoms with Crippen LogP contribution in [0.15, 0.2) is 22.7 Å². The van der Waals surface area contributed by atoms with Crippen molar-refractivity contribution in [2.75, 3.05) is 19.6 Å². The third-order valence-corrected chi connectivity index (χ3v) is 5.18. The first kappa shape index (κ1) is 22.7. The van der Waals surface area contributed by atoms with Crippen LogP contribution in [0.2, 0.25) is 0 Å². The second-order valence-corrected chi connectivity index (χ2v) is 9.22. The Bertz CT molecular complexity index is 691. The summed E-state index contributed by atoms with van der Waals surface area (Å²) in [4.78, 5) is 26.0. The molecule has 5 nitrogen and oxygen atoms in total. The highest BCUT2D eigenvalue weighted by Gasteiger charge is 2.27. The minimum absolute atomic E-state index is 0.0814. The van der Waals surface area contributed by atoms with Gasteiger partial charge in [0.25, 0.3) is 0 Å². The van der Waals surface area contributed by atoms with Crippen LogP contribution in [0.5, 0.6) is 0 Å². The second-order valence-electron chi connectivity index (χ2n) is 8.31. The van der Waals surface area contributed by atoms with E-state index in [1.807, 2.05) is 20.8 Å². The summed E-state index contributed by atoms with van der Waals surface area (Å²) in [5, 5.41) is 2.91. The van der Waals surface area contributed by atoms with Crippen molar-refractivity contribution < 1.29 is 18.7 Å². The van der Waals surface area contributed by atoms with Crippen molar-refractivity contribution in [3.63, 3.8) is 0 Å². The molecule has 0 spiro atoms. The highest BCUT2D eigenvalue weighted by Crippen LogP contribution is 2.21. The summed E-state index contributed by atoms with van der Waals surface area (Å²) in [5.74, 6) is -0.0285. The zero-order chi connectivity index (χ0) is 20.7. The summed E-state index contributed by atoms with van der Waals surface area (Å²) in [6.07, 6.45) is 3.17. The number of rotatable bonds is 6. The van der Waals surface area contributed by atoms with Crippen LogP contribution in [-0.4, -0.2) is 42.1 Å². The second kappa shape index (κ2) is 10.2. The molecule has 1 aliphatic heterocycles. The number of amides is 2. The number of carbonyl (C=O) groups excluding carboxylic acids is 2. The molecule has 0 saturated carbocycles. The van der Waals surface area contributed by atoms with Gasteiger partial charge in [-0.05, 0) is 70.1 Å². The molecule has 0 aliphatic carbocycles. The van der Waals surface area contributed by atoms with Crippen LogP contribution in [-0.2, 0) is 16.0 Å². The van der Waals surface area contributed by atoms with Crippen molar-refractivity contribution in [2.24, 2.45) is 5.92 Å². The van der Waals surface area contributed by atoms with Crippen molar-refractivity contribution in [3.05, 3.63) is 34.1 Å². The standard InChI is InChI=1S/C21H30BrFN2O3/c1-21(2,3)28-20(27)25-12-4-5-15(14-25)10-11-24-19(26)9-7-16-6-8-17(22)13-18(16)23/h6,8,13,15H,4-5,7,9-12,14H2,1-3H3,(H,24,26). The van der Waals surface area contributed by atoms with Crippen LogP contribution in [0.4, 0.5) is 9.18 Å². The lowest BCUT2D eigenvalue weighted by Crippen LogP contribution is -2.43. The maximum absolute atomic E-state index is 13.8. The highest BCUT2D eigenvalue weighted by molar-refractivity contribution is 9.10. The molecule has 1 atom stereocenters. The van der Waals surface area contributed by atoms with E-state index in [-0.39, 0.29) is 24.2 Å². The summed E-state index contributed by atoms with van der Waals surface area (Å²) in [7, 11) is 0. The topological polar surface area (TPSA) is 58.6 Å². The molecule has 1 aromatic carbocycles. The Labute approximate surface area is 175 Å². The summed E-state index contributed by atoms with van der Waals surface area (Å²) in [6, 6.07) is 4.88. The molecule has 7 heteroatoms. The number of hydrogen-bond donors (Lipinski definition) is 1. The number of aryl methyl sites for hydroxylation is 1. The van der Waals surface area contributed by atoms with Gasteiger partial charge in [-0.1, -0.05) is 22.0 Å². The number of piperidine rings is 1. The number of likely N-dealkylation sites (tertiary alicyclic amines) is 1. The molecule has 1 N–H and O–H groups in total. The van der Waals surface area contributed by atoms with E-state index in [9.17, 15) is 14.0 Å². The predicted molar refractivity (Wildman–Crippen MR) is 111 cm³/mol. The van der Waals surface area contributed by atoms with E-state index in [1.54, 1.807) is 17.0 Å². The molecule has 1 saturated heterocycles. The molecular weight excluding hydrogens is 427 g/mol. The molecule has 0 bridgehead atoms. The van der Waals surface area contributed by atoms with E-state index < -0.39 is 5.60 Å². The van der Waals surface area contributed by atoms with Gasteiger partial charge >= 0.3 is 6.09 Å². The van der Waals surface area contributed by atoms with E-state index in [2.05, 4.69) is 21.2 Å². The number of benzene rings is 1. The van der Waals surface area contributed by atoms with Crippen LogP contribution >= 0.6 is 15.9 Å². The Balaban J connectivity index is 1.69. The molecule has 1 unspecified atom stereocenters. The summed E-state index contributed by atoms with van der Waals surface area (Å²) >= 11 is 3.22. The van der Waals surface area contributed by atoms with Crippen LogP contribution in [0.25, 0.3) is 0 Å². The fourth-order valence-corrected chi connectivity index (χ4v) is 3.60. The normalized spacial score (nSPS) is 17.3. The smallest absolute Gasteiger partial charge is 0.410 e. The largest absolute Gasteiger partial charge is 0.444 e. The van der Waals surface area contributed by atoms with Gasteiger partial charge in [0.15, 0.2) is 0 Å². The van der Waals surface area contributed by atoms with E-state index in [4.69, 9.17) is 4.74 Å². The third kappa shape index (κ3) is 7.78. The van der Waals surface area contributed by atoms with Gasteiger partial charge in [0.1, 0.15) is 11.4 Å². The number of nitrogens with zero attached hydrogens (tertiary/aromatic N) is 1. The molecule has 2 rings (SSSR count). The monoisotopic (exact) mass is 456 g/mol. The van der Waals surface area contributed by atoms with Crippen LogP contribution < -0.4 is 5.32 Å². The zero-order valence-corrected chi connectivity index (χ0v) is 18.5. The van der Waals surface area contributed by atoms with Crippen LogP contribution in [0, 0.1) is 11.7 Å². The minimum atomic E-state index is -0.494. The van der Waals surface area contributed by atoms with Crippen molar-refractivity contribution in [3.8, 4) is 0 Å². The Morgan fingerprint density at radius 3 is 2.79 bits per heavy atom. The van der Waals surface area contributed by atoms with Crippen LogP contribution in [0.1, 0.15) is 52.0 Å². The molecule has 0 radical (unpaired) electrons. The fraction of sp³-hybridized carbons (Fsp3) is 0.619. The molecule has 156 valence electrons. The number of ether oxygens (including phenoxy) is 1. The third-order valence-electron chi connectivity index (χ3n) is 4.68. The van der Waals surface area contributed by atoms with Crippen molar-refractivity contribution in [1.82, 2.24) is 10.2 Å². The number of carbonyl (C=O) groups is 2. The quantitative estimate of drug-likeness (QED) is 0.675. The van der Waals surface area contributed by atoms with Gasteiger partial charge in [0.05, 0.1) is 0 Å². The number of halogens is 2. The van der Waals surface area contributed by atoms with Gasteiger partial charge in [-0.25, -0.2) is 9.18 Å². The van der Waals surface area contributed by atoms with Gasteiger partial charge in [0, 0.05) is 30.5 Å². The summed E-state index contributed by atoms with van der Waals surface area (Å²) in [6.45, 7) is 7.53. The number of hydrogen-bond acceptors (Lipinski definition) is 3. The molecule has 1 fully saturated rings. The van der Waals surface area contributed by atoms with Crippen LogP contribution in [0.3, 0.4) is 0 Å². The Morgan fingerprint density at radius 1 is 1.36 bits per heavy atom. The molecule has 1 heterocycles. The SMILES string of the molecule is CC(C)(C)OC(=O)N1CCCC(CCNC(=O)CCc2ccc(Br)cc2F)C1. The van der Waals surface area contributed by atoms with E-state index >= 15 is 0 Å². The maximum atomic E-state index is 13.8. The van der Waals surface area contributed by atoms with Crippen molar-refractivity contribution in [1.29, 1.82) is 0 Å². The maximum Gasteiger partial charge on any atom is 0.410 e. The van der Waals surface area contributed by atoms with E-state index in [0.717, 1.165) is 25.8 Å². The number of nitrogens with one attached hydrogen (secondary N) is 1. The van der Waals surface area contributed by atoms with Gasteiger partial charge in [-0.2, -0.15) is 0 Å². The Kier molecular flexibility index (Phi) is 8.28. The Morgan fingerprint density at radius 2 is 2.11 bits per heavy atom. The average Bonchev–Trinajstić information content (AvgIpc) is 2.60. The summed E-state index contributed by atoms with van der Waals surface area (Å²) < 4.78 is 19.9. The highest BCUT2D eigenvalue weighted by atomic mass is 79.9. The van der Waals surface area contributed by atoms with E-state index in [1.165, 1.54) is 6.07 Å². The predicted octanol–water partition coefficient (Wildman–Crippen LogP) is 4.67. The molecule has 0 aromatic heterocycles. The molecule has 28 heavy (non-hydrogen) atoms. The van der Waals surface area contributed by atoms with E-state index in [0.29, 0.717) is 35.5 Å². The van der Waals surface area contributed by atoms with Gasteiger partial charge in [0.2, 0.25) is 5.91 Å². The molecule has 1 aromatic rings. The first-order chi connectivity index (χ1) is 13.1. The molecule has 1 aliphatic rings. The van der Waals surface area contributed by atoms with Gasteiger partial charge < -0.3 is 15.0 Å². The van der Waals surface area contributed by atoms with Gasteiger partial charge in [-0.15, -0.1) is 0 Å². The zero-order valence-electron chi connectivity index (χ0n) is 16.9. The minimum Gasteiger partial charge on any atom is -0.444 e. The molecular formula is C21H30BrFN2O3. The molecule has 2 amide bonds. The van der Waals surface area contributed by atoms with Gasteiger partial charge in [-0.3, -0.25) is 4.79 Å². The lowest BCUT2D eigenvalue weighted by molar-refractivity contribution is -0.121. The lowest BCUT2D eigenvalue weighted by Gasteiger charge is -2.34. The first-order valence-electron chi connectivity index (χ1n) is 9.82.